The van der Waals surface area contributed by atoms with E-state index in [4.69, 9.17) is 5.11 Å². The molecule has 1 aliphatic heterocycles. The Kier molecular flexibility index (Phi) is 4.05. The second kappa shape index (κ2) is 5.36. The summed E-state index contributed by atoms with van der Waals surface area (Å²) in [6, 6.07) is 1.04. The molecule has 1 aliphatic carbocycles. The molecule has 98 valence electrons. The number of aliphatic carboxylic acids is 1. The number of carboxylic acid groups (broad SMARTS) is 1. The SMILES string of the molecule is CC1CC(N(CC(=O)O)CC2CC2)CCN1C. The van der Waals surface area contributed by atoms with Gasteiger partial charge in [-0.25, -0.2) is 0 Å². The van der Waals surface area contributed by atoms with E-state index >= 15 is 0 Å². The van der Waals surface area contributed by atoms with Crippen LogP contribution in [0.15, 0.2) is 0 Å². The summed E-state index contributed by atoms with van der Waals surface area (Å²) in [5.41, 5.74) is 0. The van der Waals surface area contributed by atoms with Gasteiger partial charge in [-0.15, -0.1) is 0 Å². The smallest absolute Gasteiger partial charge is 0.317 e. The van der Waals surface area contributed by atoms with Crippen molar-refractivity contribution in [2.75, 3.05) is 26.7 Å². The van der Waals surface area contributed by atoms with Crippen molar-refractivity contribution in [2.45, 2.75) is 44.7 Å². The number of likely N-dealkylation sites (tertiary alicyclic amines) is 1. The average Bonchev–Trinajstić information content (AvgIpc) is 3.04. The van der Waals surface area contributed by atoms with E-state index in [1.165, 1.54) is 12.8 Å². The van der Waals surface area contributed by atoms with Crippen LogP contribution in [-0.2, 0) is 4.79 Å². The van der Waals surface area contributed by atoms with Crippen molar-refractivity contribution in [3.63, 3.8) is 0 Å². The highest BCUT2D eigenvalue weighted by molar-refractivity contribution is 5.69. The summed E-state index contributed by atoms with van der Waals surface area (Å²) in [7, 11) is 2.16. The number of carbonyl (C=O) groups is 1. The molecule has 2 fully saturated rings. The topological polar surface area (TPSA) is 43.8 Å². The van der Waals surface area contributed by atoms with Crippen molar-refractivity contribution in [3.8, 4) is 0 Å². The Hall–Kier alpha value is -0.610. The van der Waals surface area contributed by atoms with E-state index in [-0.39, 0.29) is 6.54 Å². The minimum atomic E-state index is -0.683. The van der Waals surface area contributed by atoms with Gasteiger partial charge in [0.1, 0.15) is 0 Å². The molecule has 17 heavy (non-hydrogen) atoms. The van der Waals surface area contributed by atoms with Gasteiger partial charge in [0, 0.05) is 18.6 Å². The third kappa shape index (κ3) is 3.68. The van der Waals surface area contributed by atoms with E-state index in [0.717, 1.165) is 31.8 Å². The Morgan fingerprint density at radius 3 is 2.65 bits per heavy atom. The lowest BCUT2D eigenvalue weighted by Gasteiger charge is -2.40. The molecule has 2 aliphatic rings. The molecule has 0 bridgehead atoms. The van der Waals surface area contributed by atoms with Gasteiger partial charge >= 0.3 is 5.97 Å². The van der Waals surface area contributed by atoms with Crippen LogP contribution in [0, 0.1) is 5.92 Å². The maximum atomic E-state index is 10.9. The van der Waals surface area contributed by atoms with Crippen molar-refractivity contribution in [1.82, 2.24) is 9.80 Å². The van der Waals surface area contributed by atoms with Gasteiger partial charge in [0.05, 0.1) is 6.54 Å². The summed E-state index contributed by atoms with van der Waals surface area (Å²) in [6.45, 7) is 4.54. The van der Waals surface area contributed by atoms with Gasteiger partial charge in [-0.1, -0.05) is 0 Å². The van der Waals surface area contributed by atoms with Gasteiger partial charge in [-0.3, -0.25) is 9.69 Å². The number of nitrogens with zero attached hydrogens (tertiary/aromatic N) is 2. The zero-order valence-electron chi connectivity index (χ0n) is 10.9. The highest BCUT2D eigenvalue weighted by Crippen LogP contribution is 2.31. The summed E-state index contributed by atoms with van der Waals surface area (Å²) in [4.78, 5) is 15.5. The Labute approximate surface area is 104 Å². The van der Waals surface area contributed by atoms with Crippen LogP contribution in [-0.4, -0.2) is 59.6 Å². The van der Waals surface area contributed by atoms with Crippen molar-refractivity contribution < 1.29 is 9.90 Å². The maximum absolute atomic E-state index is 10.9. The largest absolute Gasteiger partial charge is 0.480 e. The molecule has 0 spiro atoms. The molecule has 2 unspecified atom stereocenters. The predicted octanol–water partition coefficient (Wildman–Crippen LogP) is 1.27. The first-order valence-corrected chi connectivity index (χ1v) is 6.72. The Morgan fingerprint density at radius 1 is 1.41 bits per heavy atom. The maximum Gasteiger partial charge on any atom is 0.317 e. The summed E-state index contributed by atoms with van der Waals surface area (Å²) >= 11 is 0. The highest BCUT2D eigenvalue weighted by Gasteiger charge is 2.32. The number of hydrogen-bond donors (Lipinski definition) is 1. The van der Waals surface area contributed by atoms with Crippen molar-refractivity contribution in [2.24, 2.45) is 5.92 Å². The van der Waals surface area contributed by atoms with Crippen LogP contribution < -0.4 is 0 Å². The van der Waals surface area contributed by atoms with Crippen LogP contribution in [0.3, 0.4) is 0 Å². The molecule has 0 aromatic heterocycles. The second-order valence-electron chi connectivity index (χ2n) is 5.77. The Balaban J connectivity index is 1.91. The quantitative estimate of drug-likeness (QED) is 0.786. The van der Waals surface area contributed by atoms with Crippen LogP contribution in [0.5, 0.6) is 0 Å². The van der Waals surface area contributed by atoms with Crippen LogP contribution in [0.25, 0.3) is 0 Å². The lowest BCUT2D eigenvalue weighted by atomic mass is 9.97. The fourth-order valence-corrected chi connectivity index (χ4v) is 2.74. The molecule has 0 aromatic rings. The lowest BCUT2D eigenvalue weighted by molar-refractivity contribution is -0.139. The van der Waals surface area contributed by atoms with Crippen LogP contribution in [0.2, 0.25) is 0 Å². The molecule has 1 saturated heterocycles. The van der Waals surface area contributed by atoms with Gasteiger partial charge in [0.15, 0.2) is 0 Å². The summed E-state index contributed by atoms with van der Waals surface area (Å²) < 4.78 is 0. The summed E-state index contributed by atoms with van der Waals surface area (Å²) in [6.07, 6.45) is 4.80. The minimum Gasteiger partial charge on any atom is -0.480 e. The van der Waals surface area contributed by atoms with Crippen LogP contribution in [0.4, 0.5) is 0 Å². The van der Waals surface area contributed by atoms with Crippen LogP contribution in [0.1, 0.15) is 32.6 Å². The predicted molar refractivity (Wildman–Crippen MR) is 67.0 cm³/mol. The molecule has 2 rings (SSSR count). The van der Waals surface area contributed by atoms with Gasteiger partial charge < -0.3 is 10.0 Å². The second-order valence-corrected chi connectivity index (χ2v) is 5.77. The zero-order valence-corrected chi connectivity index (χ0v) is 10.9. The monoisotopic (exact) mass is 240 g/mol. The van der Waals surface area contributed by atoms with Crippen molar-refractivity contribution in [3.05, 3.63) is 0 Å². The van der Waals surface area contributed by atoms with Gasteiger partial charge in [0.25, 0.3) is 0 Å². The minimum absolute atomic E-state index is 0.220. The molecule has 1 heterocycles. The third-order valence-corrected chi connectivity index (χ3v) is 4.23. The lowest BCUT2D eigenvalue weighted by Crippen LogP contribution is -2.49. The van der Waals surface area contributed by atoms with E-state index in [0.29, 0.717) is 12.1 Å². The average molecular weight is 240 g/mol. The first-order valence-electron chi connectivity index (χ1n) is 6.72. The molecule has 0 amide bonds. The number of hydrogen-bond acceptors (Lipinski definition) is 3. The molecule has 0 aromatic carbocycles. The van der Waals surface area contributed by atoms with Crippen molar-refractivity contribution in [1.29, 1.82) is 0 Å². The third-order valence-electron chi connectivity index (χ3n) is 4.23. The zero-order chi connectivity index (χ0) is 12.4. The van der Waals surface area contributed by atoms with Gasteiger partial charge in [-0.2, -0.15) is 0 Å². The van der Waals surface area contributed by atoms with E-state index in [2.05, 4.69) is 23.8 Å². The van der Waals surface area contributed by atoms with E-state index < -0.39 is 5.97 Å². The van der Waals surface area contributed by atoms with Gasteiger partial charge in [-0.05, 0) is 52.1 Å². The van der Waals surface area contributed by atoms with E-state index in [1.54, 1.807) is 0 Å². The van der Waals surface area contributed by atoms with Crippen molar-refractivity contribution >= 4 is 5.97 Å². The van der Waals surface area contributed by atoms with E-state index in [1.807, 2.05) is 0 Å². The summed E-state index contributed by atoms with van der Waals surface area (Å²) in [5, 5.41) is 9.01. The first-order chi connectivity index (χ1) is 8.06. The number of piperidine rings is 1. The molecular formula is C13H24N2O2. The molecule has 1 saturated carbocycles. The molecule has 4 heteroatoms. The number of carboxylic acids is 1. The Bertz CT molecular complexity index is 279. The molecular weight excluding hydrogens is 216 g/mol. The van der Waals surface area contributed by atoms with E-state index in [9.17, 15) is 4.79 Å². The standard InChI is InChI=1S/C13H24N2O2/c1-10-7-12(5-6-14(10)2)15(9-13(16)17)8-11-3-4-11/h10-12H,3-9H2,1-2H3,(H,16,17). The van der Waals surface area contributed by atoms with Gasteiger partial charge in [0.2, 0.25) is 0 Å². The molecule has 1 N–H and O–H groups in total. The molecule has 0 radical (unpaired) electrons. The fourth-order valence-electron chi connectivity index (χ4n) is 2.74. The normalized spacial score (nSPS) is 30.8. The number of rotatable bonds is 5. The first kappa shape index (κ1) is 12.8. The Morgan fingerprint density at radius 2 is 2.12 bits per heavy atom. The molecule has 2 atom stereocenters. The highest BCUT2D eigenvalue weighted by atomic mass is 16.4. The van der Waals surface area contributed by atoms with Crippen LogP contribution >= 0.6 is 0 Å². The summed E-state index contributed by atoms with van der Waals surface area (Å²) in [5.74, 6) is 0.0848. The fraction of sp³-hybridized carbons (Fsp3) is 0.923. The molecule has 4 nitrogen and oxygen atoms in total.